The fourth-order valence-electron chi connectivity index (χ4n) is 5.28. The predicted octanol–water partition coefficient (Wildman–Crippen LogP) is 3.99. The van der Waals surface area contributed by atoms with Gasteiger partial charge in [0, 0.05) is 36.9 Å². The molecule has 2 aliphatic rings. The molecule has 2 saturated heterocycles. The lowest BCUT2D eigenvalue weighted by Gasteiger charge is -2.39. The number of nitrogens with zero attached hydrogens (tertiary/aromatic N) is 3. The van der Waals surface area contributed by atoms with Gasteiger partial charge in [-0.15, -0.1) is 0 Å². The Balaban J connectivity index is 1.36. The topological polar surface area (TPSA) is 59.7 Å². The summed E-state index contributed by atoms with van der Waals surface area (Å²) < 4.78 is 7.77. The summed E-state index contributed by atoms with van der Waals surface area (Å²) in [5.74, 6) is 1.49. The Hall–Kier alpha value is -2.34. The van der Waals surface area contributed by atoms with Gasteiger partial charge in [-0.3, -0.25) is 9.59 Å². The highest BCUT2D eigenvalue weighted by Crippen LogP contribution is 2.32. The van der Waals surface area contributed by atoms with Gasteiger partial charge >= 0.3 is 0 Å². The quantitative estimate of drug-likeness (QED) is 0.710. The van der Waals surface area contributed by atoms with Crippen molar-refractivity contribution < 1.29 is 11.0 Å². The van der Waals surface area contributed by atoms with Crippen LogP contribution in [0.1, 0.15) is 57.2 Å². The molecule has 0 unspecified atom stereocenters. The Bertz CT molecular complexity index is 958. The molecular formula is C26H38N4O2. The summed E-state index contributed by atoms with van der Waals surface area (Å²) in [6.45, 7) is 6.83. The first-order valence-electron chi connectivity index (χ1n) is 12.8. The molecule has 2 fully saturated rings. The summed E-state index contributed by atoms with van der Waals surface area (Å²) in [7, 11) is 2.20. The fourth-order valence-corrected chi connectivity index (χ4v) is 5.28. The number of amides is 2. The van der Waals surface area contributed by atoms with Gasteiger partial charge in [0.25, 0.3) is 5.91 Å². The van der Waals surface area contributed by atoms with E-state index in [1.54, 1.807) is 23.1 Å². The number of H-pyrrole nitrogens is 1. The van der Waals surface area contributed by atoms with Crippen molar-refractivity contribution in [1.29, 1.82) is 0 Å². The van der Waals surface area contributed by atoms with Gasteiger partial charge in [0.15, 0.2) is 0 Å². The van der Waals surface area contributed by atoms with Gasteiger partial charge in [-0.05, 0) is 87.7 Å². The Morgan fingerprint density at radius 1 is 1.09 bits per heavy atom. The molecule has 1 aromatic carbocycles. The molecule has 0 aliphatic carbocycles. The molecule has 174 valence electrons. The third-order valence-corrected chi connectivity index (χ3v) is 7.45. The van der Waals surface area contributed by atoms with Crippen LogP contribution in [0.3, 0.4) is 0 Å². The maximum Gasteiger partial charge on any atom is 0.254 e. The summed E-state index contributed by atoms with van der Waals surface area (Å²) >= 11 is 0. The number of fused-ring (bicyclic) bond motifs is 1. The summed E-state index contributed by atoms with van der Waals surface area (Å²) in [6, 6.07) is 7.21. The highest BCUT2D eigenvalue weighted by Gasteiger charge is 2.31. The lowest BCUT2D eigenvalue weighted by Crippen LogP contribution is -2.47. The number of aromatic nitrogens is 1. The van der Waals surface area contributed by atoms with Crippen LogP contribution in [0.2, 0.25) is 0 Å². The SMILES string of the molecule is [2H]c1cc2ccc(C(=O)N(CCCC)CC(=O)N3CCC(C4CCN(C)CC4)CC3)cc2[nH]1. The number of likely N-dealkylation sites (tertiary alicyclic amines) is 2. The van der Waals surface area contributed by atoms with Gasteiger partial charge in [0.1, 0.15) is 6.54 Å². The van der Waals surface area contributed by atoms with Crippen molar-refractivity contribution in [2.75, 3.05) is 46.3 Å². The molecule has 0 radical (unpaired) electrons. The second kappa shape index (κ2) is 10.5. The maximum absolute atomic E-state index is 13.3. The molecule has 6 heteroatoms. The van der Waals surface area contributed by atoms with Crippen molar-refractivity contribution in [3.63, 3.8) is 0 Å². The van der Waals surface area contributed by atoms with E-state index < -0.39 is 0 Å². The van der Waals surface area contributed by atoms with Crippen LogP contribution in [0.25, 0.3) is 10.9 Å². The number of rotatable bonds is 7. The number of piperidine rings is 2. The molecule has 1 aromatic heterocycles. The number of unbranched alkanes of at least 4 members (excludes halogenated alkanes) is 1. The molecule has 0 saturated carbocycles. The van der Waals surface area contributed by atoms with Crippen molar-refractivity contribution >= 4 is 22.7 Å². The van der Waals surface area contributed by atoms with Crippen LogP contribution in [0, 0.1) is 11.8 Å². The molecule has 6 nitrogen and oxygen atoms in total. The zero-order valence-electron chi connectivity index (χ0n) is 20.6. The van der Waals surface area contributed by atoms with E-state index in [2.05, 4.69) is 23.9 Å². The van der Waals surface area contributed by atoms with Crippen molar-refractivity contribution in [2.24, 2.45) is 11.8 Å². The van der Waals surface area contributed by atoms with Crippen LogP contribution >= 0.6 is 0 Å². The zero-order chi connectivity index (χ0) is 23.4. The molecule has 0 spiro atoms. The Morgan fingerprint density at radius 2 is 1.78 bits per heavy atom. The normalized spacial score (nSPS) is 19.3. The standard InChI is InChI=1S/C26H38N4O2/c1-3-4-13-30(26(32)23-6-5-22-7-12-27-24(22)18-23)19-25(31)29-16-10-21(11-17-29)20-8-14-28(2)15-9-20/h5-7,12,18,20-21,27H,3-4,8-11,13-17,19H2,1-2H3/i12D. The van der Waals surface area contributed by atoms with Crippen LogP contribution in [-0.2, 0) is 4.79 Å². The molecule has 3 heterocycles. The smallest absolute Gasteiger partial charge is 0.254 e. The highest BCUT2D eigenvalue weighted by molar-refractivity contribution is 5.99. The second-order valence-electron chi connectivity index (χ2n) is 9.65. The molecule has 1 N–H and O–H groups in total. The lowest BCUT2D eigenvalue weighted by molar-refractivity contribution is -0.133. The molecule has 0 atom stereocenters. The van der Waals surface area contributed by atoms with Gasteiger partial charge in [-0.2, -0.15) is 0 Å². The number of nitrogens with one attached hydrogen (secondary N) is 1. The average molecular weight is 440 g/mol. The van der Waals surface area contributed by atoms with E-state index in [9.17, 15) is 9.59 Å². The van der Waals surface area contributed by atoms with Crippen LogP contribution in [0.15, 0.2) is 30.4 Å². The number of hydrogen-bond donors (Lipinski definition) is 1. The van der Waals surface area contributed by atoms with Crippen LogP contribution in [-0.4, -0.2) is 77.8 Å². The second-order valence-corrected chi connectivity index (χ2v) is 9.65. The minimum absolute atomic E-state index is 0.0654. The lowest BCUT2D eigenvalue weighted by atomic mass is 9.79. The molecule has 2 amide bonds. The first kappa shape index (κ1) is 21.5. The van der Waals surface area contributed by atoms with E-state index in [4.69, 9.17) is 1.37 Å². The van der Waals surface area contributed by atoms with E-state index >= 15 is 0 Å². The Morgan fingerprint density at radius 3 is 2.47 bits per heavy atom. The minimum Gasteiger partial charge on any atom is -0.361 e. The number of carbonyl (C=O) groups is 2. The summed E-state index contributed by atoms with van der Waals surface area (Å²) in [6.07, 6.45) is 6.90. The maximum atomic E-state index is 13.3. The van der Waals surface area contributed by atoms with Gasteiger partial charge in [-0.25, -0.2) is 0 Å². The van der Waals surface area contributed by atoms with Gasteiger partial charge in [0.05, 0.1) is 1.37 Å². The van der Waals surface area contributed by atoms with Crippen molar-refractivity contribution in [2.45, 2.75) is 45.4 Å². The summed E-state index contributed by atoms with van der Waals surface area (Å²) in [4.78, 5) is 35.5. The molecule has 0 bridgehead atoms. The monoisotopic (exact) mass is 439 g/mol. The third kappa shape index (κ3) is 5.34. The summed E-state index contributed by atoms with van der Waals surface area (Å²) in [5, 5.41) is 0.917. The van der Waals surface area contributed by atoms with Crippen molar-refractivity contribution in [3.05, 3.63) is 36.0 Å². The molecule has 32 heavy (non-hydrogen) atoms. The Kier molecular flexibility index (Phi) is 7.07. The largest absolute Gasteiger partial charge is 0.361 e. The first-order chi connectivity index (χ1) is 15.9. The molecule has 4 rings (SSSR count). The van der Waals surface area contributed by atoms with E-state index in [0.717, 1.165) is 61.5 Å². The van der Waals surface area contributed by atoms with Crippen molar-refractivity contribution in [3.8, 4) is 0 Å². The van der Waals surface area contributed by atoms with Gasteiger partial charge in [0.2, 0.25) is 5.91 Å². The third-order valence-electron chi connectivity index (χ3n) is 7.45. The van der Waals surface area contributed by atoms with Gasteiger partial charge < -0.3 is 19.7 Å². The zero-order valence-corrected chi connectivity index (χ0v) is 19.6. The van der Waals surface area contributed by atoms with Crippen molar-refractivity contribution in [1.82, 2.24) is 19.7 Å². The van der Waals surface area contributed by atoms with Crippen LogP contribution < -0.4 is 0 Å². The number of carbonyl (C=O) groups excluding carboxylic acids is 2. The fraction of sp³-hybridized carbons (Fsp3) is 0.615. The Labute approximate surface area is 193 Å². The van der Waals surface area contributed by atoms with E-state index in [-0.39, 0.29) is 18.4 Å². The number of aromatic amines is 1. The molecule has 2 aromatic rings. The van der Waals surface area contributed by atoms with Gasteiger partial charge in [-0.1, -0.05) is 19.4 Å². The number of hydrogen-bond acceptors (Lipinski definition) is 3. The molecular weight excluding hydrogens is 400 g/mol. The van der Waals surface area contributed by atoms with E-state index in [1.807, 2.05) is 11.0 Å². The van der Waals surface area contributed by atoms with E-state index in [0.29, 0.717) is 18.3 Å². The van der Waals surface area contributed by atoms with Crippen LogP contribution in [0.5, 0.6) is 0 Å². The summed E-state index contributed by atoms with van der Waals surface area (Å²) in [5.41, 5.74) is 1.35. The molecule has 2 aliphatic heterocycles. The van der Waals surface area contributed by atoms with Crippen LogP contribution in [0.4, 0.5) is 0 Å². The highest BCUT2D eigenvalue weighted by atomic mass is 16.2. The first-order valence-corrected chi connectivity index (χ1v) is 12.3. The van der Waals surface area contributed by atoms with E-state index in [1.165, 1.54) is 25.9 Å². The minimum atomic E-state index is -0.110. The number of benzene rings is 1. The predicted molar refractivity (Wildman–Crippen MR) is 129 cm³/mol. The average Bonchev–Trinajstić information content (AvgIpc) is 3.21.